The highest BCUT2D eigenvalue weighted by Crippen LogP contribution is 2.28. The number of hydrogen-bond donors (Lipinski definition) is 2. The van der Waals surface area contributed by atoms with Gasteiger partial charge in [0.25, 0.3) is 0 Å². The molecule has 1 saturated carbocycles. The number of carboxylic acid groups (broad SMARTS) is 1. The van der Waals surface area contributed by atoms with E-state index in [0.717, 1.165) is 11.6 Å². The van der Waals surface area contributed by atoms with Crippen LogP contribution < -0.4 is 5.32 Å². The standard InChI is InChI=1S/C10H14N2O2S/c1-6-12-8(5-15-6)9(10(13)14)11-4-7-2-3-7/h5,7,9,11H,2-4H2,1H3,(H,13,14). The van der Waals surface area contributed by atoms with E-state index in [9.17, 15) is 4.79 Å². The molecular weight excluding hydrogens is 212 g/mol. The highest BCUT2D eigenvalue weighted by Gasteiger charge is 2.26. The van der Waals surface area contributed by atoms with E-state index < -0.39 is 12.0 Å². The summed E-state index contributed by atoms with van der Waals surface area (Å²) in [6.45, 7) is 2.67. The highest BCUT2D eigenvalue weighted by molar-refractivity contribution is 7.09. The van der Waals surface area contributed by atoms with Gasteiger partial charge in [-0.2, -0.15) is 0 Å². The summed E-state index contributed by atoms with van der Waals surface area (Å²) in [5.41, 5.74) is 0.630. The number of thiazole rings is 1. The number of aromatic nitrogens is 1. The molecule has 0 aromatic carbocycles. The Morgan fingerprint density at radius 2 is 2.53 bits per heavy atom. The van der Waals surface area contributed by atoms with Crippen molar-refractivity contribution in [1.82, 2.24) is 10.3 Å². The molecule has 0 radical (unpaired) electrons. The summed E-state index contributed by atoms with van der Waals surface area (Å²) in [4.78, 5) is 15.3. The molecule has 82 valence electrons. The zero-order valence-corrected chi connectivity index (χ0v) is 9.38. The first-order valence-electron chi connectivity index (χ1n) is 5.05. The van der Waals surface area contributed by atoms with Gasteiger partial charge in [0, 0.05) is 5.38 Å². The topological polar surface area (TPSA) is 62.2 Å². The van der Waals surface area contributed by atoms with Crippen LogP contribution in [0.4, 0.5) is 0 Å². The normalized spacial score (nSPS) is 17.7. The minimum Gasteiger partial charge on any atom is -0.480 e. The van der Waals surface area contributed by atoms with Crippen molar-refractivity contribution in [2.45, 2.75) is 25.8 Å². The lowest BCUT2D eigenvalue weighted by Gasteiger charge is -2.11. The van der Waals surface area contributed by atoms with Crippen LogP contribution in [0, 0.1) is 12.8 Å². The summed E-state index contributed by atoms with van der Waals surface area (Å²) < 4.78 is 0. The lowest BCUT2D eigenvalue weighted by atomic mass is 10.2. The van der Waals surface area contributed by atoms with Gasteiger partial charge in [0.05, 0.1) is 10.7 Å². The first-order valence-corrected chi connectivity index (χ1v) is 5.93. The number of carboxylic acids is 1. The smallest absolute Gasteiger partial charge is 0.327 e. The van der Waals surface area contributed by atoms with Gasteiger partial charge in [-0.25, -0.2) is 4.98 Å². The molecule has 0 bridgehead atoms. The van der Waals surface area contributed by atoms with Gasteiger partial charge in [-0.3, -0.25) is 10.1 Å². The average molecular weight is 226 g/mol. The zero-order valence-electron chi connectivity index (χ0n) is 8.56. The van der Waals surface area contributed by atoms with Crippen LogP contribution in [0.25, 0.3) is 0 Å². The predicted octanol–water partition coefficient (Wildman–Crippen LogP) is 1.58. The molecule has 1 heterocycles. The van der Waals surface area contributed by atoms with E-state index >= 15 is 0 Å². The second kappa shape index (κ2) is 4.28. The van der Waals surface area contributed by atoms with E-state index in [1.165, 1.54) is 24.2 Å². The first-order chi connectivity index (χ1) is 7.16. The van der Waals surface area contributed by atoms with Crippen LogP contribution >= 0.6 is 11.3 Å². The van der Waals surface area contributed by atoms with E-state index in [4.69, 9.17) is 5.11 Å². The Kier molecular flexibility index (Phi) is 3.02. The molecule has 1 atom stereocenters. The molecular formula is C10H14N2O2S. The number of nitrogens with zero attached hydrogens (tertiary/aromatic N) is 1. The summed E-state index contributed by atoms with van der Waals surface area (Å²) in [5, 5.41) is 14.8. The van der Waals surface area contributed by atoms with Crippen molar-refractivity contribution in [2.24, 2.45) is 5.92 Å². The Hall–Kier alpha value is -0.940. The summed E-state index contributed by atoms with van der Waals surface area (Å²) in [6, 6.07) is -0.643. The molecule has 1 aliphatic rings. The van der Waals surface area contributed by atoms with Gasteiger partial charge in [-0.1, -0.05) is 0 Å². The second-order valence-electron chi connectivity index (χ2n) is 3.91. The minimum absolute atomic E-state index is 0.630. The number of aliphatic carboxylic acids is 1. The maximum absolute atomic E-state index is 11.0. The van der Waals surface area contributed by atoms with Crippen molar-refractivity contribution in [3.63, 3.8) is 0 Å². The lowest BCUT2D eigenvalue weighted by molar-refractivity contribution is -0.139. The molecule has 0 saturated heterocycles. The average Bonchev–Trinajstić information content (AvgIpc) is 2.89. The third-order valence-electron chi connectivity index (χ3n) is 2.49. The largest absolute Gasteiger partial charge is 0.480 e. The molecule has 1 aromatic rings. The van der Waals surface area contributed by atoms with E-state index in [-0.39, 0.29) is 0 Å². The third kappa shape index (κ3) is 2.76. The zero-order chi connectivity index (χ0) is 10.8. The van der Waals surface area contributed by atoms with Gasteiger partial charge in [0.2, 0.25) is 0 Å². The lowest BCUT2D eigenvalue weighted by Crippen LogP contribution is -2.30. The third-order valence-corrected chi connectivity index (χ3v) is 3.28. The maximum atomic E-state index is 11.0. The fraction of sp³-hybridized carbons (Fsp3) is 0.600. The molecule has 1 unspecified atom stereocenters. The fourth-order valence-electron chi connectivity index (χ4n) is 1.44. The van der Waals surface area contributed by atoms with Crippen molar-refractivity contribution in [2.75, 3.05) is 6.54 Å². The van der Waals surface area contributed by atoms with Gasteiger partial charge in [-0.05, 0) is 32.2 Å². The SMILES string of the molecule is Cc1nc(C(NCC2CC2)C(=O)O)cs1. The van der Waals surface area contributed by atoms with Crippen molar-refractivity contribution >= 4 is 17.3 Å². The fourth-order valence-corrected chi connectivity index (χ4v) is 2.08. The summed E-state index contributed by atoms with van der Waals surface area (Å²) >= 11 is 1.49. The molecule has 0 amide bonds. The van der Waals surface area contributed by atoms with Crippen molar-refractivity contribution in [1.29, 1.82) is 0 Å². The van der Waals surface area contributed by atoms with E-state index in [1.54, 1.807) is 0 Å². The van der Waals surface area contributed by atoms with Gasteiger partial charge in [0.1, 0.15) is 6.04 Å². The van der Waals surface area contributed by atoms with Gasteiger partial charge in [-0.15, -0.1) is 11.3 Å². The van der Waals surface area contributed by atoms with Crippen LogP contribution in [0.5, 0.6) is 0 Å². The summed E-state index contributed by atoms with van der Waals surface area (Å²) in [5.74, 6) is -0.174. The molecule has 1 fully saturated rings. The van der Waals surface area contributed by atoms with Gasteiger partial charge in [0.15, 0.2) is 0 Å². The second-order valence-corrected chi connectivity index (χ2v) is 4.98. The van der Waals surface area contributed by atoms with Crippen LogP contribution in [0.1, 0.15) is 29.6 Å². The Morgan fingerprint density at radius 3 is 3.00 bits per heavy atom. The molecule has 2 N–H and O–H groups in total. The number of hydrogen-bond acceptors (Lipinski definition) is 4. The maximum Gasteiger partial charge on any atom is 0.327 e. The van der Waals surface area contributed by atoms with Crippen LogP contribution in [0.2, 0.25) is 0 Å². The molecule has 0 aliphatic heterocycles. The van der Waals surface area contributed by atoms with Crippen LogP contribution in [0.3, 0.4) is 0 Å². The summed E-state index contributed by atoms with van der Waals surface area (Å²) in [7, 11) is 0. The Bertz CT molecular complexity index is 360. The van der Waals surface area contributed by atoms with Crippen molar-refractivity contribution in [3.05, 3.63) is 16.1 Å². The molecule has 2 rings (SSSR count). The molecule has 0 spiro atoms. The molecule has 5 heteroatoms. The highest BCUT2D eigenvalue weighted by atomic mass is 32.1. The van der Waals surface area contributed by atoms with Crippen LogP contribution in [-0.4, -0.2) is 22.6 Å². The number of aryl methyl sites for hydroxylation is 1. The monoisotopic (exact) mass is 226 g/mol. The van der Waals surface area contributed by atoms with Crippen molar-refractivity contribution in [3.8, 4) is 0 Å². The van der Waals surface area contributed by atoms with Crippen molar-refractivity contribution < 1.29 is 9.90 Å². The molecule has 1 aliphatic carbocycles. The van der Waals surface area contributed by atoms with E-state index in [1.807, 2.05) is 12.3 Å². The summed E-state index contributed by atoms with van der Waals surface area (Å²) in [6.07, 6.45) is 2.44. The Balaban J connectivity index is 2.01. The Labute approximate surface area is 92.3 Å². The number of carbonyl (C=O) groups is 1. The Morgan fingerprint density at radius 1 is 1.80 bits per heavy atom. The van der Waals surface area contributed by atoms with E-state index in [0.29, 0.717) is 11.6 Å². The molecule has 1 aromatic heterocycles. The van der Waals surface area contributed by atoms with Crippen LogP contribution in [0.15, 0.2) is 5.38 Å². The number of rotatable bonds is 5. The molecule has 4 nitrogen and oxygen atoms in total. The predicted molar refractivity (Wildman–Crippen MR) is 58.0 cm³/mol. The minimum atomic E-state index is -0.846. The van der Waals surface area contributed by atoms with Crippen LogP contribution in [-0.2, 0) is 4.79 Å². The first kappa shape index (κ1) is 10.6. The molecule has 15 heavy (non-hydrogen) atoms. The van der Waals surface area contributed by atoms with E-state index in [2.05, 4.69) is 10.3 Å². The quantitative estimate of drug-likeness (QED) is 0.800. The van der Waals surface area contributed by atoms with Gasteiger partial charge < -0.3 is 5.11 Å². The number of nitrogens with one attached hydrogen (secondary N) is 1. The van der Waals surface area contributed by atoms with Gasteiger partial charge >= 0.3 is 5.97 Å².